The normalized spacial score (nSPS) is 11.6. The van der Waals surface area contributed by atoms with E-state index in [1.807, 2.05) is 6.92 Å². The van der Waals surface area contributed by atoms with Gasteiger partial charge in [0.25, 0.3) is 0 Å². The Morgan fingerprint density at radius 2 is 1.96 bits per heavy atom. The van der Waals surface area contributed by atoms with Gasteiger partial charge in [-0.3, -0.25) is 4.98 Å². The maximum atomic E-state index is 12.8. The molecule has 0 spiro atoms. The molecule has 8 nitrogen and oxygen atoms in total. The molecule has 0 aliphatic heterocycles. The zero-order valence-electron chi connectivity index (χ0n) is 13.6. The van der Waals surface area contributed by atoms with Gasteiger partial charge in [-0.1, -0.05) is 12.1 Å². The van der Waals surface area contributed by atoms with Crippen LogP contribution in [0.5, 0.6) is 5.75 Å². The largest absolute Gasteiger partial charge is 0.379 e. The molecule has 4 aromatic rings. The number of aryl methyl sites for hydroxylation is 1. The Hall–Kier alpha value is -3.33. The summed E-state index contributed by atoms with van der Waals surface area (Å²) in [6.45, 7) is 1.88. The van der Waals surface area contributed by atoms with Crippen LogP contribution in [0.4, 0.5) is 0 Å². The number of rotatable bonds is 4. The maximum absolute atomic E-state index is 12.8. The van der Waals surface area contributed by atoms with Crippen molar-refractivity contribution >= 4 is 21.0 Å². The highest BCUT2D eigenvalue weighted by Crippen LogP contribution is 2.27. The van der Waals surface area contributed by atoms with Gasteiger partial charge in [-0.2, -0.15) is 8.42 Å². The summed E-state index contributed by atoms with van der Waals surface area (Å²) >= 11 is 0. The molecule has 0 bridgehead atoms. The third kappa shape index (κ3) is 2.88. The van der Waals surface area contributed by atoms with Crippen molar-refractivity contribution in [2.75, 3.05) is 0 Å². The highest BCUT2D eigenvalue weighted by Gasteiger charge is 2.21. The second-order valence-corrected chi connectivity index (χ2v) is 7.08. The highest BCUT2D eigenvalue weighted by molar-refractivity contribution is 7.87. The first-order valence-electron chi connectivity index (χ1n) is 7.67. The van der Waals surface area contributed by atoms with Gasteiger partial charge in [0.1, 0.15) is 17.0 Å². The summed E-state index contributed by atoms with van der Waals surface area (Å²) in [4.78, 5) is 4.33. The van der Waals surface area contributed by atoms with E-state index in [4.69, 9.17) is 4.18 Å². The van der Waals surface area contributed by atoms with E-state index in [1.54, 1.807) is 48.7 Å². The average Bonchev–Trinajstić information content (AvgIpc) is 3.16. The summed E-state index contributed by atoms with van der Waals surface area (Å²) in [5.41, 5.74) is 2.10. The van der Waals surface area contributed by atoms with Crippen LogP contribution in [0.25, 0.3) is 16.6 Å². The van der Waals surface area contributed by atoms with Crippen LogP contribution in [0.2, 0.25) is 0 Å². The first-order valence-corrected chi connectivity index (χ1v) is 9.08. The Balaban J connectivity index is 1.75. The standard InChI is InChI=1S/C17H13N5O3S/c1-12-7-8-16(15-6-3-9-18-17(12)15)26(23,24)25-14-5-2-4-13(10-14)22-11-19-20-21-22/h2-11H,1H3. The van der Waals surface area contributed by atoms with Gasteiger partial charge in [-0.15, -0.1) is 5.10 Å². The van der Waals surface area contributed by atoms with Crippen LogP contribution < -0.4 is 4.18 Å². The van der Waals surface area contributed by atoms with E-state index in [0.29, 0.717) is 16.6 Å². The molecule has 0 saturated carbocycles. The first kappa shape index (κ1) is 16.2. The van der Waals surface area contributed by atoms with Crippen LogP contribution in [-0.4, -0.2) is 33.6 Å². The van der Waals surface area contributed by atoms with E-state index < -0.39 is 10.1 Å². The number of hydrogen-bond donors (Lipinski definition) is 0. The number of tetrazole rings is 1. The van der Waals surface area contributed by atoms with Gasteiger partial charge in [-0.05, 0) is 53.2 Å². The van der Waals surface area contributed by atoms with Crippen molar-refractivity contribution in [1.82, 2.24) is 25.2 Å². The summed E-state index contributed by atoms with van der Waals surface area (Å²) in [6.07, 6.45) is 3.04. The van der Waals surface area contributed by atoms with Crippen molar-refractivity contribution in [2.24, 2.45) is 0 Å². The SMILES string of the molecule is Cc1ccc(S(=O)(=O)Oc2cccc(-n3cnnn3)c2)c2cccnc12. The molecule has 0 unspecified atom stereocenters. The van der Waals surface area contributed by atoms with Crippen LogP contribution in [0.1, 0.15) is 5.56 Å². The van der Waals surface area contributed by atoms with Gasteiger partial charge in [-0.25, -0.2) is 4.68 Å². The summed E-state index contributed by atoms with van der Waals surface area (Å²) in [7, 11) is -4.04. The maximum Gasteiger partial charge on any atom is 0.339 e. The lowest BCUT2D eigenvalue weighted by molar-refractivity contribution is 0.487. The molecule has 2 aromatic heterocycles. The molecule has 2 heterocycles. The molecule has 9 heteroatoms. The van der Waals surface area contributed by atoms with Crippen LogP contribution in [-0.2, 0) is 10.1 Å². The molecule has 0 aliphatic rings. The lowest BCUT2D eigenvalue weighted by Gasteiger charge is -2.11. The third-order valence-electron chi connectivity index (χ3n) is 3.84. The lowest BCUT2D eigenvalue weighted by atomic mass is 10.1. The minimum atomic E-state index is -4.04. The van der Waals surface area contributed by atoms with E-state index in [1.165, 1.54) is 17.1 Å². The summed E-state index contributed by atoms with van der Waals surface area (Å²) < 4.78 is 32.4. The quantitative estimate of drug-likeness (QED) is 0.510. The monoisotopic (exact) mass is 367 g/mol. The average molecular weight is 367 g/mol. The fourth-order valence-electron chi connectivity index (χ4n) is 2.63. The second-order valence-electron chi connectivity index (χ2n) is 5.57. The van der Waals surface area contributed by atoms with Crippen molar-refractivity contribution in [2.45, 2.75) is 11.8 Å². The van der Waals surface area contributed by atoms with Gasteiger partial charge in [0.2, 0.25) is 0 Å². The number of fused-ring (bicyclic) bond motifs is 1. The first-order chi connectivity index (χ1) is 12.5. The Bertz CT molecular complexity index is 1190. The smallest absolute Gasteiger partial charge is 0.339 e. The molecule has 4 rings (SSSR count). The van der Waals surface area contributed by atoms with Crippen molar-refractivity contribution < 1.29 is 12.6 Å². The molecular formula is C17H13N5O3S. The van der Waals surface area contributed by atoms with E-state index in [9.17, 15) is 8.42 Å². The van der Waals surface area contributed by atoms with Crippen LogP contribution in [0.15, 0.2) is 66.0 Å². The molecule has 0 radical (unpaired) electrons. The zero-order chi connectivity index (χ0) is 18.1. The van der Waals surface area contributed by atoms with Gasteiger partial charge in [0.05, 0.1) is 11.2 Å². The molecule has 26 heavy (non-hydrogen) atoms. The van der Waals surface area contributed by atoms with Crippen molar-refractivity contribution in [3.8, 4) is 11.4 Å². The molecule has 2 aromatic carbocycles. The van der Waals surface area contributed by atoms with Gasteiger partial charge >= 0.3 is 10.1 Å². The summed E-state index contributed by atoms with van der Waals surface area (Å²) in [5, 5.41) is 11.4. The third-order valence-corrected chi connectivity index (χ3v) is 5.14. The predicted molar refractivity (Wildman–Crippen MR) is 93.4 cm³/mol. The second kappa shape index (κ2) is 6.19. The van der Waals surface area contributed by atoms with Crippen LogP contribution in [0, 0.1) is 6.92 Å². The zero-order valence-corrected chi connectivity index (χ0v) is 14.5. The minimum Gasteiger partial charge on any atom is -0.379 e. The molecule has 0 N–H and O–H groups in total. The highest BCUT2D eigenvalue weighted by atomic mass is 32.2. The van der Waals surface area contributed by atoms with Crippen LogP contribution in [0.3, 0.4) is 0 Å². The molecule has 0 atom stereocenters. The lowest BCUT2D eigenvalue weighted by Crippen LogP contribution is -2.11. The fourth-order valence-corrected chi connectivity index (χ4v) is 3.75. The van der Waals surface area contributed by atoms with Crippen molar-refractivity contribution in [1.29, 1.82) is 0 Å². The number of aromatic nitrogens is 5. The van der Waals surface area contributed by atoms with Crippen molar-refractivity contribution in [3.05, 3.63) is 66.6 Å². The molecule has 0 fully saturated rings. The Kier molecular flexibility index (Phi) is 3.85. The summed E-state index contributed by atoms with van der Waals surface area (Å²) in [5.74, 6) is 0.163. The summed E-state index contributed by atoms with van der Waals surface area (Å²) in [6, 6.07) is 13.1. The molecule has 130 valence electrons. The molecular weight excluding hydrogens is 354 g/mol. The molecule has 0 amide bonds. The number of hydrogen-bond acceptors (Lipinski definition) is 7. The minimum absolute atomic E-state index is 0.0685. The van der Waals surface area contributed by atoms with E-state index in [2.05, 4.69) is 20.5 Å². The van der Waals surface area contributed by atoms with Crippen LogP contribution >= 0.6 is 0 Å². The predicted octanol–water partition coefficient (Wildman–Crippen LogP) is 2.29. The Morgan fingerprint density at radius 1 is 1.08 bits per heavy atom. The fraction of sp³-hybridized carbons (Fsp3) is 0.0588. The van der Waals surface area contributed by atoms with E-state index in [0.717, 1.165) is 5.56 Å². The Morgan fingerprint density at radius 3 is 2.77 bits per heavy atom. The Labute approximate surface area is 149 Å². The van der Waals surface area contributed by atoms with E-state index in [-0.39, 0.29) is 10.6 Å². The number of pyridine rings is 1. The number of nitrogens with zero attached hydrogens (tertiary/aromatic N) is 5. The molecule has 0 aliphatic carbocycles. The number of benzene rings is 2. The molecule has 0 saturated heterocycles. The van der Waals surface area contributed by atoms with Crippen molar-refractivity contribution in [3.63, 3.8) is 0 Å². The van der Waals surface area contributed by atoms with Gasteiger partial charge < -0.3 is 4.18 Å². The topological polar surface area (TPSA) is 99.9 Å². The van der Waals surface area contributed by atoms with Gasteiger partial charge in [0.15, 0.2) is 0 Å². The van der Waals surface area contributed by atoms with E-state index >= 15 is 0 Å². The van der Waals surface area contributed by atoms with Gasteiger partial charge in [0, 0.05) is 17.6 Å².